The van der Waals surface area contributed by atoms with Gasteiger partial charge in [0.25, 0.3) is 0 Å². The average Bonchev–Trinajstić information content (AvgIpc) is 3.12. The summed E-state index contributed by atoms with van der Waals surface area (Å²) in [6, 6.07) is 5.57. The predicted octanol–water partition coefficient (Wildman–Crippen LogP) is 3.00. The van der Waals surface area contributed by atoms with Crippen molar-refractivity contribution in [2.24, 2.45) is 0 Å². The molecule has 29 heavy (non-hydrogen) atoms. The van der Waals surface area contributed by atoms with Crippen LogP contribution >= 0.6 is 0 Å². The van der Waals surface area contributed by atoms with E-state index in [1.165, 1.54) is 51.6 Å². The molecular weight excluding hydrogens is 360 g/mol. The fourth-order valence-corrected chi connectivity index (χ4v) is 5.35. The van der Waals surface area contributed by atoms with Gasteiger partial charge in [0.2, 0.25) is 0 Å². The van der Waals surface area contributed by atoms with E-state index in [1.807, 2.05) is 0 Å². The average molecular weight is 399 g/mol. The van der Waals surface area contributed by atoms with Crippen molar-refractivity contribution in [3.05, 3.63) is 11.4 Å². The lowest BCUT2D eigenvalue weighted by Crippen LogP contribution is -2.47. The van der Waals surface area contributed by atoms with Gasteiger partial charge in [-0.1, -0.05) is 12.8 Å². The molecule has 0 aromatic rings. The van der Waals surface area contributed by atoms with Crippen molar-refractivity contribution in [3.63, 3.8) is 0 Å². The summed E-state index contributed by atoms with van der Waals surface area (Å²) < 4.78 is 0. The number of allylic oxidation sites excluding steroid dienone is 1. The van der Waals surface area contributed by atoms with E-state index in [-0.39, 0.29) is 5.57 Å². The Kier molecular flexibility index (Phi) is 8.21. The van der Waals surface area contributed by atoms with Crippen molar-refractivity contribution < 1.29 is 0 Å². The highest BCUT2D eigenvalue weighted by Crippen LogP contribution is 2.25. The van der Waals surface area contributed by atoms with E-state index in [9.17, 15) is 10.5 Å². The number of likely N-dealkylation sites (tertiary alicyclic amines) is 2. The summed E-state index contributed by atoms with van der Waals surface area (Å²) in [5, 5.41) is 19.1. The van der Waals surface area contributed by atoms with Crippen LogP contribution in [0, 0.1) is 22.7 Å². The van der Waals surface area contributed by atoms with Crippen molar-refractivity contribution in [2.45, 2.75) is 70.9 Å². The van der Waals surface area contributed by atoms with Crippen LogP contribution in [-0.2, 0) is 0 Å². The highest BCUT2D eigenvalue weighted by atomic mass is 15.4. The Balaban J connectivity index is 1.58. The molecule has 3 rings (SSSR count). The molecule has 0 amide bonds. The molecule has 0 aromatic heterocycles. The van der Waals surface area contributed by atoms with Gasteiger partial charge in [-0.2, -0.15) is 10.5 Å². The van der Waals surface area contributed by atoms with E-state index >= 15 is 0 Å². The highest BCUT2D eigenvalue weighted by Gasteiger charge is 2.30. The molecular formula is C23H38N6. The number of piperidine rings is 2. The zero-order chi connectivity index (χ0) is 20.6. The normalized spacial score (nSPS) is 26.4. The first-order valence-corrected chi connectivity index (χ1v) is 11.7. The third kappa shape index (κ3) is 5.65. The van der Waals surface area contributed by atoms with Gasteiger partial charge in [-0.05, 0) is 65.6 Å². The minimum atomic E-state index is 0.278. The Morgan fingerprint density at radius 1 is 0.793 bits per heavy atom. The smallest absolute Gasteiger partial charge is 0.169 e. The van der Waals surface area contributed by atoms with Gasteiger partial charge in [0.05, 0.1) is 0 Å². The lowest BCUT2D eigenvalue weighted by Gasteiger charge is -2.40. The molecule has 6 nitrogen and oxygen atoms in total. The van der Waals surface area contributed by atoms with Gasteiger partial charge in [0.15, 0.2) is 5.57 Å². The topological polar surface area (TPSA) is 60.5 Å². The van der Waals surface area contributed by atoms with Gasteiger partial charge in [-0.25, -0.2) is 0 Å². The SMILES string of the molecule is CC1CCCC(C)N1CCN1CCN(CCCN2CCCCC2)C1=C(C#N)C#N. The van der Waals surface area contributed by atoms with Crippen LogP contribution in [0.3, 0.4) is 0 Å². The van der Waals surface area contributed by atoms with Crippen LogP contribution in [0.5, 0.6) is 0 Å². The quantitative estimate of drug-likeness (QED) is 0.615. The maximum absolute atomic E-state index is 9.55. The molecule has 3 aliphatic heterocycles. The summed E-state index contributed by atoms with van der Waals surface area (Å²) in [4.78, 5) is 9.75. The zero-order valence-electron chi connectivity index (χ0n) is 18.4. The summed E-state index contributed by atoms with van der Waals surface area (Å²) in [5.41, 5.74) is 0.278. The van der Waals surface area contributed by atoms with Crippen molar-refractivity contribution in [2.75, 3.05) is 52.4 Å². The first-order chi connectivity index (χ1) is 14.1. The van der Waals surface area contributed by atoms with Gasteiger partial charge < -0.3 is 14.7 Å². The maximum atomic E-state index is 9.55. The summed E-state index contributed by atoms with van der Waals surface area (Å²) >= 11 is 0. The number of nitrogens with zero attached hydrogens (tertiary/aromatic N) is 6. The number of nitriles is 2. The Labute approximate surface area is 177 Å². The molecule has 0 spiro atoms. The van der Waals surface area contributed by atoms with Gasteiger partial charge >= 0.3 is 0 Å². The maximum Gasteiger partial charge on any atom is 0.169 e. The number of hydrogen-bond acceptors (Lipinski definition) is 6. The molecule has 2 unspecified atom stereocenters. The van der Waals surface area contributed by atoms with Crippen LogP contribution in [0.15, 0.2) is 11.4 Å². The second kappa shape index (κ2) is 10.9. The van der Waals surface area contributed by atoms with Crippen LogP contribution < -0.4 is 0 Å². The highest BCUT2D eigenvalue weighted by molar-refractivity contribution is 5.40. The van der Waals surface area contributed by atoms with Gasteiger partial charge in [0, 0.05) is 44.8 Å². The van der Waals surface area contributed by atoms with E-state index in [1.54, 1.807) is 0 Å². The Morgan fingerprint density at radius 2 is 1.41 bits per heavy atom. The molecule has 0 bridgehead atoms. The van der Waals surface area contributed by atoms with Gasteiger partial charge in [-0.3, -0.25) is 4.90 Å². The molecule has 0 aromatic carbocycles. The molecule has 0 aliphatic carbocycles. The molecule has 0 N–H and O–H groups in total. The Hall–Kier alpha value is -1.76. The van der Waals surface area contributed by atoms with Crippen molar-refractivity contribution in [1.82, 2.24) is 19.6 Å². The van der Waals surface area contributed by atoms with Crippen LogP contribution in [0.1, 0.15) is 58.8 Å². The number of rotatable bonds is 7. The van der Waals surface area contributed by atoms with E-state index in [4.69, 9.17) is 0 Å². The molecule has 2 atom stereocenters. The number of hydrogen-bond donors (Lipinski definition) is 0. The Morgan fingerprint density at radius 3 is 2.03 bits per heavy atom. The second-order valence-electron chi connectivity index (χ2n) is 9.02. The lowest BCUT2D eigenvalue weighted by molar-refractivity contribution is 0.0938. The van der Waals surface area contributed by atoms with Crippen LogP contribution in [0.4, 0.5) is 0 Å². The molecule has 3 saturated heterocycles. The summed E-state index contributed by atoms with van der Waals surface area (Å²) in [5.74, 6) is 0.881. The minimum Gasteiger partial charge on any atom is -0.355 e. The third-order valence-corrected chi connectivity index (χ3v) is 7.04. The van der Waals surface area contributed by atoms with E-state index in [0.717, 1.165) is 51.5 Å². The van der Waals surface area contributed by atoms with Gasteiger partial charge in [0.1, 0.15) is 18.0 Å². The van der Waals surface area contributed by atoms with Crippen molar-refractivity contribution in [3.8, 4) is 12.1 Å². The van der Waals surface area contributed by atoms with Crippen molar-refractivity contribution in [1.29, 1.82) is 10.5 Å². The lowest BCUT2D eigenvalue weighted by atomic mass is 9.97. The summed E-state index contributed by atoms with van der Waals surface area (Å²) in [7, 11) is 0. The largest absolute Gasteiger partial charge is 0.355 e. The fraction of sp³-hybridized carbons (Fsp3) is 0.826. The van der Waals surface area contributed by atoms with E-state index < -0.39 is 0 Å². The Bertz CT molecular complexity index is 613. The molecule has 0 radical (unpaired) electrons. The molecule has 0 saturated carbocycles. The van der Waals surface area contributed by atoms with Crippen LogP contribution in [0.25, 0.3) is 0 Å². The minimum absolute atomic E-state index is 0.278. The van der Waals surface area contributed by atoms with E-state index in [2.05, 4.69) is 45.6 Å². The second-order valence-corrected chi connectivity index (χ2v) is 9.02. The van der Waals surface area contributed by atoms with Crippen LogP contribution in [0.2, 0.25) is 0 Å². The predicted molar refractivity (Wildman–Crippen MR) is 116 cm³/mol. The molecule has 6 heteroatoms. The van der Waals surface area contributed by atoms with Gasteiger partial charge in [-0.15, -0.1) is 0 Å². The zero-order valence-corrected chi connectivity index (χ0v) is 18.4. The summed E-state index contributed by atoms with van der Waals surface area (Å²) in [6.45, 7) is 12.9. The summed E-state index contributed by atoms with van der Waals surface area (Å²) in [6.07, 6.45) is 8.99. The fourth-order valence-electron chi connectivity index (χ4n) is 5.35. The molecule has 3 heterocycles. The molecule has 160 valence electrons. The van der Waals surface area contributed by atoms with E-state index in [0.29, 0.717) is 12.1 Å². The monoisotopic (exact) mass is 398 g/mol. The first-order valence-electron chi connectivity index (χ1n) is 11.7. The van der Waals surface area contributed by atoms with Crippen LogP contribution in [-0.4, -0.2) is 84.0 Å². The van der Waals surface area contributed by atoms with Crippen molar-refractivity contribution >= 4 is 0 Å². The third-order valence-electron chi connectivity index (χ3n) is 7.04. The molecule has 3 aliphatic rings. The standard InChI is InChI=1S/C23H38N6/c1-20-8-6-9-21(2)29(20)17-16-28-15-14-27(23(28)22(18-24)19-25)13-7-12-26-10-4-3-5-11-26/h20-21H,3-17H2,1-2H3. The first kappa shape index (κ1) is 21.9. The molecule has 3 fully saturated rings.